The first-order valence-electron chi connectivity index (χ1n) is 9.73. The Labute approximate surface area is 166 Å². The molecule has 0 atom stereocenters. The van der Waals surface area contributed by atoms with E-state index in [2.05, 4.69) is 0 Å². The Kier molecular flexibility index (Phi) is 9.05. The number of carbonyl (C=O) groups excluding carboxylic acids is 2. The summed E-state index contributed by atoms with van der Waals surface area (Å²) in [6.45, 7) is 2.31. The maximum absolute atomic E-state index is 12.2. The summed E-state index contributed by atoms with van der Waals surface area (Å²) in [6, 6.07) is 14.4. The van der Waals surface area contributed by atoms with Crippen LogP contribution in [0.4, 0.5) is 0 Å². The van der Waals surface area contributed by atoms with E-state index in [4.69, 9.17) is 14.2 Å². The van der Waals surface area contributed by atoms with Gasteiger partial charge in [0.15, 0.2) is 0 Å². The number of carbonyl (C=O) groups is 2. The molecular formula is C23H28O5. The number of hydrogen-bond acceptors (Lipinski definition) is 5. The zero-order valence-corrected chi connectivity index (χ0v) is 16.6. The molecule has 5 heteroatoms. The van der Waals surface area contributed by atoms with Crippen molar-refractivity contribution in [3.05, 3.63) is 59.7 Å². The molecular weight excluding hydrogens is 356 g/mol. The van der Waals surface area contributed by atoms with Gasteiger partial charge in [-0.15, -0.1) is 0 Å². The van der Waals surface area contributed by atoms with Gasteiger partial charge in [0.2, 0.25) is 0 Å². The summed E-state index contributed by atoms with van der Waals surface area (Å²) >= 11 is 0. The van der Waals surface area contributed by atoms with Crippen molar-refractivity contribution in [2.75, 3.05) is 13.7 Å². The van der Waals surface area contributed by atoms with Crippen LogP contribution in [0, 0.1) is 0 Å². The highest BCUT2D eigenvalue weighted by molar-refractivity contribution is 5.91. The third-order valence-electron chi connectivity index (χ3n) is 4.37. The zero-order valence-electron chi connectivity index (χ0n) is 16.6. The molecule has 0 aliphatic carbocycles. The summed E-state index contributed by atoms with van der Waals surface area (Å²) in [4.78, 5) is 23.3. The molecule has 0 fully saturated rings. The molecule has 0 radical (unpaired) electrons. The first kappa shape index (κ1) is 21.5. The molecule has 0 aliphatic rings. The van der Waals surface area contributed by atoms with Crippen LogP contribution in [-0.4, -0.2) is 25.7 Å². The van der Waals surface area contributed by atoms with Crippen molar-refractivity contribution in [2.24, 2.45) is 0 Å². The van der Waals surface area contributed by atoms with E-state index in [0.29, 0.717) is 30.1 Å². The molecule has 0 heterocycles. The van der Waals surface area contributed by atoms with Crippen LogP contribution < -0.4 is 9.47 Å². The average Bonchev–Trinajstić information content (AvgIpc) is 2.73. The summed E-state index contributed by atoms with van der Waals surface area (Å²) in [5.41, 5.74) is 1.72. The van der Waals surface area contributed by atoms with Gasteiger partial charge in [-0.25, -0.2) is 4.79 Å². The van der Waals surface area contributed by atoms with Crippen molar-refractivity contribution < 1.29 is 23.8 Å². The topological polar surface area (TPSA) is 61.8 Å². The Hall–Kier alpha value is -2.82. The Balaban J connectivity index is 1.69. The van der Waals surface area contributed by atoms with E-state index in [1.54, 1.807) is 50.4 Å². The third-order valence-corrected chi connectivity index (χ3v) is 4.37. The molecule has 2 rings (SSSR count). The molecule has 0 saturated carbocycles. The lowest BCUT2D eigenvalue weighted by molar-refractivity contribution is -0.143. The number of ether oxygens (including phenoxy) is 3. The van der Waals surface area contributed by atoms with Gasteiger partial charge in [0.05, 0.1) is 19.3 Å². The summed E-state index contributed by atoms with van der Waals surface area (Å²) in [6.07, 6.45) is 5.50. The van der Waals surface area contributed by atoms with Crippen molar-refractivity contribution in [1.82, 2.24) is 0 Å². The quantitative estimate of drug-likeness (QED) is 0.311. The highest BCUT2D eigenvalue weighted by atomic mass is 16.5. The second kappa shape index (κ2) is 11.8. The summed E-state index contributed by atoms with van der Waals surface area (Å²) in [7, 11) is 1.59. The van der Waals surface area contributed by atoms with Crippen molar-refractivity contribution in [3.8, 4) is 11.5 Å². The minimum atomic E-state index is -0.377. The predicted molar refractivity (Wildman–Crippen MR) is 108 cm³/mol. The highest BCUT2D eigenvalue weighted by Gasteiger charge is 2.08. The van der Waals surface area contributed by atoms with E-state index in [1.807, 2.05) is 12.1 Å². The second-order valence-corrected chi connectivity index (χ2v) is 6.50. The minimum absolute atomic E-state index is 0.134. The number of hydrogen-bond donors (Lipinski definition) is 0. The largest absolute Gasteiger partial charge is 0.497 e. The maximum atomic E-state index is 12.2. The van der Waals surface area contributed by atoms with Crippen LogP contribution >= 0.6 is 0 Å². The van der Waals surface area contributed by atoms with Crippen LogP contribution in [-0.2, 0) is 16.0 Å². The van der Waals surface area contributed by atoms with Crippen LogP contribution in [0.15, 0.2) is 48.5 Å². The fraction of sp³-hybridized carbons (Fsp3) is 0.391. The molecule has 150 valence electrons. The van der Waals surface area contributed by atoms with E-state index < -0.39 is 0 Å². The normalized spacial score (nSPS) is 10.4. The first-order valence-corrected chi connectivity index (χ1v) is 9.73. The monoisotopic (exact) mass is 384 g/mol. The molecule has 28 heavy (non-hydrogen) atoms. The number of methoxy groups -OCH3 is 1. The molecule has 2 aromatic carbocycles. The molecule has 0 amide bonds. The van der Waals surface area contributed by atoms with Crippen molar-refractivity contribution in [3.63, 3.8) is 0 Å². The van der Waals surface area contributed by atoms with E-state index in [-0.39, 0.29) is 11.9 Å². The lowest BCUT2D eigenvalue weighted by Gasteiger charge is -2.07. The fourth-order valence-electron chi connectivity index (χ4n) is 2.69. The number of esters is 2. The van der Waals surface area contributed by atoms with Crippen molar-refractivity contribution in [2.45, 2.75) is 45.4 Å². The van der Waals surface area contributed by atoms with Crippen LogP contribution in [0.2, 0.25) is 0 Å². The standard InChI is InChI=1S/C23H28O5/c1-3-22(24)27-17-7-5-4-6-8-18-9-11-19(12-10-18)23(25)28-21-15-13-20(26-2)14-16-21/h9-16H,3-8,17H2,1-2H3. The molecule has 0 unspecified atom stereocenters. The van der Waals surface area contributed by atoms with Crippen molar-refractivity contribution >= 4 is 11.9 Å². The smallest absolute Gasteiger partial charge is 0.343 e. The van der Waals surface area contributed by atoms with E-state index in [1.165, 1.54) is 5.56 Å². The average molecular weight is 384 g/mol. The van der Waals surface area contributed by atoms with Crippen LogP contribution in [0.1, 0.15) is 54.9 Å². The third kappa shape index (κ3) is 7.43. The van der Waals surface area contributed by atoms with Crippen LogP contribution in [0.25, 0.3) is 0 Å². The zero-order chi connectivity index (χ0) is 20.2. The van der Waals surface area contributed by atoms with Gasteiger partial charge in [-0.2, -0.15) is 0 Å². The Morgan fingerprint density at radius 2 is 1.46 bits per heavy atom. The SMILES string of the molecule is CCC(=O)OCCCCCCc1ccc(C(=O)Oc2ccc(OC)cc2)cc1. The van der Waals surface area contributed by atoms with Gasteiger partial charge in [0, 0.05) is 6.42 Å². The van der Waals surface area contributed by atoms with E-state index in [0.717, 1.165) is 32.1 Å². The van der Waals surface area contributed by atoms with Gasteiger partial charge in [0.25, 0.3) is 0 Å². The maximum Gasteiger partial charge on any atom is 0.343 e. The van der Waals surface area contributed by atoms with Crippen LogP contribution in [0.5, 0.6) is 11.5 Å². The molecule has 0 bridgehead atoms. The molecule has 0 aromatic heterocycles. The van der Waals surface area contributed by atoms with Crippen LogP contribution in [0.3, 0.4) is 0 Å². The molecule has 0 spiro atoms. The number of rotatable bonds is 11. The lowest BCUT2D eigenvalue weighted by atomic mass is 10.0. The van der Waals surface area contributed by atoms with Gasteiger partial charge in [0.1, 0.15) is 11.5 Å². The summed E-state index contributed by atoms with van der Waals surface area (Å²) in [5, 5.41) is 0. The molecule has 5 nitrogen and oxygen atoms in total. The highest BCUT2D eigenvalue weighted by Crippen LogP contribution is 2.18. The predicted octanol–water partition coefficient (Wildman–Crippen LogP) is 4.97. The lowest BCUT2D eigenvalue weighted by Crippen LogP contribution is -2.08. The number of unbranched alkanes of at least 4 members (excludes halogenated alkanes) is 3. The minimum Gasteiger partial charge on any atom is -0.497 e. The Bertz CT molecular complexity index is 735. The molecule has 0 aliphatic heterocycles. The van der Waals surface area contributed by atoms with Gasteiger partial charge >= 0.3 is 11.9 Å². The summed E-state index contributed by atoms with van der Waals surface area (Å²) < 4.78 is 15.5. The molecule has 0 N–H and O–H groups in total. The molecule has 2 aromatic rings. The Morgan fingerprint density at radius 1 is 0.821 bits per heavy atom. The number of aryl methyl sites for hydroxylation is 1. The first-order chi connectivity index (χ1) is 13.6. The number of benzene rings is 2. The van der Waals surface area contributed by atoms with Crippen molar-refractivity contribution in [1.29, 1.82) is 0 Å². The van der Waals surface area contributed by atoms with Gasteiger partial charge in [-0.1, -0.05) is 31.9 Å². The fourth-order valence-corrected chi connectivity index (χ4v) is 2.69. The second-order valence-electron chi connectivity index (χ2n) is 6.50. The van der Waals surface area contributed by atoms with Gasteiger partial charge in [-0.3, -0.25) is 4.79 Å². The Morgan fingerprint density at radius 3 is 2.11 bits per heavy atom. The van der Waals surface area contributed by atoms with E-state index >= 15 is 0 Å². The summed E-state index contributed by atoms with van der Waals surface area (Å²) in [5.74, 6) is 0.689. The molecule has 0 saturated heterocycles. The van der Waals surface area contributed by atoms with E-state index in [9.17, 15) is 9.59 Å². The van der Waals surface area contributed by atoms with Gasteiger partial charge < -0.3 is 14.2 Å². The van der Waals surface area contributed by atoms with Gasteiger partial charge in [-0.05, 0) is 61.2 Å².